The zero-order valence-corrected chi connectivity index (χ0v) is 12.0. The molecule has 0 aliphatic carbocycles. The molecule has 1 aliphatic heterocycles. The van der Waals surface area contributed by atoms with Crippen LogP contribution in [0.1, 0.15) is 17.3 Å². The summed E-state index contributed by atoms with van der Waals surface area (Å²) in [6.45, 7) is 10.6. The van der Waals surface area contributed by atoms with Crippen molar-refractivity contribution in [3.05, 3.63) is 42.5 Å². The fourth-order valence-electron chi connectivity index (χ4n) is 2.36. The summed E-state index contributed by atoms with van der Waals surface area (Å²) < 4.78 is 5.39. The van der Waals surface area contributed by atoms with Crippen molar-refractivity contribution in [1.82, 2.24) is 9.80 Å². The first kappa shape index (κ1) is 14.6. The van der Waals surface area contributed by atoms with E-state index in [-0.39, 0.29) is 5.91 Å². The van der Waals surface area contributed by atoms with E-state index >= 15 is 0 Å². The summed E-state index contributed by atoms with van der Waals surface area (Å²) in [7, 11) is 0. The van der Waals surface area contributed by atoms with Crippen LogP contribution in [-0.2, 0) is 0 Å². The largest absolute Gasteiger partial charge is 0.494 e. The normalized spacial score (nSPS) is 15.9. The Morgan fingerprint density at radius 3 is 2.45 bits per heavy atom. The molecule has 0 aromatic heterocycles. The van der Waals surface area contributed by atoms with Gasteiger partial charge >= 0.3 is 0 Å². The second-order valence-corrected chi connectivity index (χ2v) is 4.84. The zero-order chi connectivity index (χ0) is 14.4. The van der Waals surface area contributed by atoms with Crippen LogP contribution in [0.4, 0.5) is 0 Å². The van der Waals surface area contributed by atoms with Crippen molar-refractivity contribution < 1.29 is 9.53 Å². The Kier molecular flexibility index (Phi) is 5.18. The maximum absolute atomic E-state index is 12.4. The van der Waals surface area contributed by atoms with E-state index in [4.69, 9.17) is 4.74 Å². The summed E-state index contributed by atoms with van der Waals surface area (Å²) in [4.78, 5) is 16.6. The number of carbonyl (C=O) groups excluding carboxylic acids is 1. The highest BCUT2D eigenvalue weighted by Crippen LogP contribution is 2.14. The zero-order valence-electron chi connectivity index (χ0n) is 12.0. The fraction of sp³-hybridized carbons (Fsp3) is 0.438. The number of ether oxygens (including phenoxy) is 1. The van der Waals surface area contributed by atoms with Gasteiger partial charge in [0.1, 0.15) is 5.75 Å². The minimum atomic E-state index is 0.103. The van der Waals surface area contributed by atoms with Crippen LogP contribution in [-0.4, -0.2) is 55.0 Å². The van der Waals surface area contributed by atoms with E-state index in [1.54, 1.807) is 0 Å². The lowest BCUT2D eigenvalue weighted by atomic mass is 10.1. The van der Waals surface area contributed by atoms with E-state index in [0.717, 1.165) is 44.0 Å². The topological polar surface area (TPSA) is 32.8 Å². The molecule has 4 heteroatoms. The molecule has 1 heterocycles. The molecular formula is C16H22N2O2. The summed E-state index contributed by atoms with van der Waals surface area (Å²) in [6, 6.07) is 7.38. The molecule has 0 N–H and O–H groups in total. The lowest BCUT2D eigenvalue weighted by Gasteiger charge is -2.34. The van der Waals surface area contributed by atoms with Crippen LogP contribution >= 0.6 is 0 Å². The quantitative estimate of drug-likeness (QED) is 0.770. The number of benzene rings is 1. The smallest absolute Gasteiger partial charge is 0.253 e. The van der Waals surface area contributed by atoms with Gasteiger partial charge in [0.2, 0.25) is 0 Å². The molecule has 0 unspecified atom stereocenters. The number of piperazine rings is 1. The molecule has 0 spiro atoms. The number of hydrogen-bond donors (Lipinski definition) is 0. The third kappa shape index (κ3) is 3.61. The Hall–Kier alpha value is -1.81. The number of carbonyl (C=O) groups is 1. The van der Waals surface area contributed by atoms with Crippen LogP contribution < -0.4 is 4.74 Å². The number of amides is 1. The average Bonchev–Trinajstić information content (AvgIpc) is 2.49. The molecular weight excluding hydrogens is 252 g/mol. The Morgan fingerprint density at radius 2 is 1.90 bits per heavy atom. The molecule has 1 aromatic rings. The molecule has 4 nitrogen and oxygen atoms in total. The van der Waals surface area contributed by atoms with Gasteiger partial charge in [0.25, 0.3) is 5.91 Å². The standard InChI is InChI=1S/C16H22N2O2/c1-3-9-17-10-12-18(13-11-17)16(19)14-5-7-15(8-6-14)20-4-2/h3,5-8H,1,4,9-13H2,2H3. The predicted octanol–water partition coefficient (Wildman–Crippen LogP) is 2.03. The molecule has 1 saturated heterocycles. The first-order valence-electron chi connectivity index (χ1n) is 7.10. The summed E-state index contributed by atoms with van der Waals surface area (Å²) in [5, 5.41) is 0. The second kappa shape index (κ2) is 7.10. The van der Waals surface area contributed by atoms with Gasteiger partial charge in [-0.2, -0.15) is 0 Å². The lowest BCUT2D eigenvalue weighted by Crippen LogP contribution is -2.48. The Morgan fingerprint density at radius 1 is 1.25 bits per heavy atom. The van der Waals surface area contributed by atoms with E-state index < -0.39 is 0 Å². The van der Waals surface area contributed by atoms with Gasteiger partial charge in [0.05, 0.1) is 6.61 Å². The highest BCUT2D eigenvalue weighted by Gasteiger charge is 2.21. The van der Waals surface area contributed by atoms with Crippen LogP contribution in [0.5, 0.6) is 5.75 Å². The minimum absolute atomic E-state index is 0.103. The van der Waals surface area contributed by atoms with Crippen molar-refractivity contribution in [3.63, 3.8) is 0 Å². The van der Waals surface area contributed by atoms with Gasteiger partial charge in [-0.15, -0.1) is 6.58 Å². The van der Waals surface area contributed by atoms with Gasteiger partial charge in [-0.1, -0.05) is 6.08 Å². The van der Waals surface area contributed by atoms with E-state index in [1.165, 1.54) is 0 Å². The average molecular weight is 274 g/mol. The van der Waals surface area contributed by atoms with Crippen LogP contribution in [0.3, 0.4) is 0 Å². The first-order chi connectivity index (χ1) is 9.74. The number of nitrogens with zero attached hydrogens (tertiary/aromatic N) is 2. The number of hydrogen-bond acceptors (Lipinski definition) is 3. The van der Waals surface area contributed by atoms with Crippen molar-refractivity contribution in [2.24, 2.45) is 0 Å². The summed E-state index contributed by atoms with van der Waals surface area (Å²) in [5.41, 5.74) is 0.727. The van der Waals surface area contributed by atoms with Crippen molar-refractivity contribution in [2.75, 3.05) is 39.3 Å². The van der Waals surface area contributed by atoms with E-state index in [2.05, 4.69) is 11.5 Å². The summed E-state index contributed by atoms with van der Waals surface area (Å²) in [5.74, 6) is 0.908. The maximum Gasteiger partial charge on any atom is 0.253 e. The SMILES string of the molecule is C=CCN1CCN(C(=O)c2ccc(OCC)cc2)CC1. The van der Waals surface area contributed by atoms with Gasteiger partial charge < -0.3 is 9.64 Å². The first-order valence-corrected chi connectivity index (χ1v) is 7.10. The van der Waals surface area contributed by atoms with Crippen molar-refractivity contribution in [1.29, 1.82) is 0 Å². The Labute approximate surface area is 120 Å². The predicted molar refractivity (Wildman–Crippen MR) is 80.2 cm³/mol. The molecule has 1 amide bonds. The fourth-order valence-corrected chi connectivity index (χ4v) is 2.36. The molecule has 1 aromatic carbocycles. The summed E-state index contributed by atoms with van der Waals surface area (Å²) in [6.07, 6.45) is 1.91. The van der Waals surface area contributed by atoms with Gasteiger partial charge in [-0.3, -0.25) is 9.69 Å². The van der Waals surface area contributed by atoms with Crippen LogP contribution in [0.25, 0.3) is 0 Å². The molecule has 0 atom stereocenters. The monoisotopic (exact) mass is 274 g/mol. The van der Waals surface area contributed by atoms with E-state index in [0.29, 0.717) is 6.61 Å². The van der Waals surface area contributed by atoms with Crippen molar-refractivity contribution >= 4 is 5.91 Å². The van der Waals surface area contributed by atoms with Gasteiger partial charge in [-0.25, -0.2) is 0 Å². The van der Waals surface area contributed by atoms with Crippen LogP contribution in [0.15, 0.2) is 36.9 Å². The van der Waals surface area contributed by atoms with E-state index in [1.807, 2.05) is 42.2 Å². The van der Waals surface area contributed by atoms with Crippen molar-refractivity contribution in [3.8, 4) is 5.75 Å². The molecule has 1 aliphatic rings. The second-order valence-electron chi connectivity index (χ2n) is 4.84. The van der Waals surface area contributed by atoms with E-state index in [9.17, 15) is 4.79 Å². The highest BCUT2D eigenvalue weighted by molar-refractivity contribution is 5.94. The molecule has 20 heavy (non-hydrogen) atoms. The molecule has 0 bridgehead atoms. The van der Waals surface area contributed by atoms with Gasteiger partial charge in [-0.05, 0) is 31.2 Å². The van der Waals surface area contributed by atoms with Crippen LogP contribution in [0.2, 0.25) is 0 Å². The summed E-state index contributed by atoms with van der Waals surface area (Å²) >= 11 is 0. The molecule has 0 saturated carbocycles. The minimum Gasteiger partial charge on any atom is -0.494 e. The molecule has 108 valence electrons. The number of rotatable bonds is 5. The lowest BCUT2D eigenvalue weighted by molar-refractivity contribution is 0.0650. The molecule has 2 rings (SSSR count). The third-order valence-corrected chi connectivity index (χ3v) is 3.46. The highest BCUT2D eigenvalue weighted by atomic mass is 16.5. The maximum atomic E-state index is 12.4. The molecule has 0 radical (unpaired) electrons. The van der Waals surface area contributed by atoms with Gasteiger partial charge in [0, 0.05) is 38.3 Å². The molecule has 1 fully saturated rings. The van der Waals surface area contributed by atoms with Crippen LogP contribution in [0, 0.1) is 0 Å². The third-order valence-electron chi connectivity index (χ3n) is 3.46. The Balaban J connectivity index is 1.93. The van der Waals surface area contributed by atoms with Gasteiger partial charge in [0.15, 0.2) is 0 Å². The Bertz CT molecular complexity index is 448. The van der Waals surface area contributed by atoms with Crippen molar-refractivity contribution in [2.45, 2.75) is 6.92 Å².